The summed E-state index contributed by atoms with van der Waals surface area (Å²) in [7, 11) is 1.77. The molecule has 0 aliphatic heterocycles. The van der Waals surface area contributed by atoms with Crippen LogP contribution in [0.2, 0.25) is 0 Å². The number of amides is 2. The van der Waals surface area contributed by atoms with E-state index in [1.165, 1.54) is 36.0 Å². The molecule has 0 saturated carbocycles. The number of carbonyl (C=O) groups excluding carboxylic acids is 2. The average Bonchev–Trinajstić information content (AvgIpc) is 2.66. The molecule has 2 aromatic rings. The lowest BCUT2D eigenvalue weighted by molar-refractivity contribution is -0.130. The van der Waals surface area contributed by atoms with Gasteiger partial charge < -0.3 is 10.2 Å². The third kappa shape index (κ3) is 5.59. The quantitative estimate of drug-likeness (QED) is 0.794. The normalized spacial score (nSPS) is 12.9. The fraction of sp³-hybridized carbons (Fsp3) is 0.300. The van der Waals surface area contributed by atoms with Gasteiger partial charge in [-0.1, -0.05) is 30.3 Å². The van der Waals surface area contributed by atoms with Gasteiger partial charge >= 0.3 is 0 Å². The van der Waals surface area contributed by atoms with Crippen molar-refractivity contribution < 1.29 is 14.0 Å². The van der Waals surface area contributed by atoms with Gasteiger partial charge in [0.25, 0.3) is 0 Å². The highest BCUT2D eigenvalue weighted by molar-refractivity contribution is 8.01. The number of carbonyl (C=O) groups is 2. The van der Waals surface area contributed by atoms with Crippen LogP contribution in [0.3, 0.4) is 0 Å². The van der Waals surface area contributed by atoms with Crippen LogP contribution in [0.25, 0.3) is 0 Å². The monoisotopic (exact) mass is 374 g/mol. The number of anilines is 1. The van der Waals surface area contributed by atoms with E-state index in [9.17, 15) is 14.0 Å². The topological polar surface area (TPSA) is 49.4 Å². The molecular formula is C20H23FN2O2S. The van der Waals surface area contributed by atoms with E-state index in [2.05, 4.69) is 5.32 Å². The van der Waals surface area contributed by atoms with Crippen molar-refractivity contribution >= 4 is 29.3 Å². The molecule has 4 nitrogen and oxygen atoms in total. The minimum atomic E-state index is -0.354. The van der Waals surface area contributed by atoms with Gasteiger partial charge in [-0.3, -0.25) is 9.59 Å². The molecule has 0 spiro atoms. The summed E-state index contributed by atoms with van der Waals surface area (Å²) in [6, 6.07) is 15.3. The van der Waals surface area contributed by atoms with Crippen LogP contribution in [-0.4, -0.2) is 34.8 Å². The van der Waals surface area contributed by atoms with Gasteiger partial charge in [0.05, 0.1) is 17.0 Å². The zero-order valence-corrected chi connectivity index (χ0v) is 15.9. The first-order valence-corrected chi connectivity index (χ1v) is 9.42. The molecule has 26 heavy (non-hydrogen) atoms. The molecule has 2 amide bonds. The maximum Gasteiger partial charge on any atom is 0.235 e. The summed E-state index contributed by atoms with van der Waals surface area (Å²) < 4.78 is 12.9. The Hall–Kier alpha value is -2.34. The Labute approximate surface area is 157 Å². The van der Waals surface area contributed by atoms with E-state index in [0.717, 1.165) is 5.56 Å². The van der Waals surface area contributed by atoms with Crippen molar-refractivity contribution in [3.8, 4) is 0 Å². The maximum absolute atomic E-state index is 12.9. The number of benzene rings is 2. The van der Waals surface area contributed by atoms with Crippen LogP contribution in [0.1, 0.15) is 25.5 Å². The van der Waals surface area contributed by atoms with Crippen molar-refractivity contribution in [1.29, 1.82) is 0 Å². The second kappa shape index (κ2) is 9.38. The molecule has 6 heteroatoms. The number of hydrogen-bond donors (Lipinski definition) is 1. The van der Waals surface area contributed by atoms with Crippen molar-refractivity contribution in [2.45, 2.75) is 25.1 Å². The maximum atomic E-state index is 12.9. The predicted octanol–water partition coefficient (Wildman–Crippen LogP) is 4.11. The van der Waals surface area contributed by atoms with Gasteiger partial charge in [0.15, 0.2) is 0 Å². The molecule has 0 radical (unpaired) electrons. The molecule has 1 N–H and O–H groups in total. The van der Waals surface area contributed by atoms with Crippen LogP contribution in [0, 0.1) is 5.82 Å². The van der Waals surface area contributed by atoms with Crippen LogP contribution >= 0.6 is 11.8 Å². The first-order valence-electron chi connectivity index (χ1n) is 8.37. The molecule has 2 rings (SSSR count). The molecule has 0 saturated heterocycles. The number of rotatable bonds is 7. The predicted molar refractivity (Wildman–Crippen MR) is 105 cm³/mol. The van der Waals surface area contributed by atoms with Gasteiger partial charge in [-0.05, 0) is 43.7 Å². The van der Waals surface area contributed by atoms with E-state index in [1.807, 2.05) is 37.3 Å². The Kier molecular flexibility index (Phi) is 7.21. The standard InChI is InChI=1S/C20H23FN2O2S/c1-14(16-7-5-4-6-8-16)23(3)20(25)15(2)26-13-19(24)22-18-11-9-17(21)10-12-18/h4-12,14-15H,13H2,1-3H3,(H,22,24). The highest BCUT2D eigenvalue weighted by atomic mass is 32.2. The Balaban J connectivity index is 1.84. The van der Waals surface area contributed by atoms with Crippen molar-refractivity contribution in [3.63, 3.8) is 0 Å². The van der Waals surface area contributed by atoms with Gasteiger partial charge in [0.2, 0.25) is 11.8 Å². The zero-order chi connectivity index (χ0) is 19.1. The van der Waals surface area contributed by atoms with E-state index >= 15 is 0 Å². The molecule has 0 bridgehead atoms. The summed E-state index contributed by atoms with van der Waals surface area (Å²) in [5, 5.41) is 2.35. The van der Waals surface area contributed by atoms with Crippen molar-refractivity contribution in [2.24, 2.45) is 0 Å². The summed E-state index contributed by atoms with van der Waals surface area (Å²) in [5.74, 6) is -0.453. The molecule has 0 aromatic heterocycles. The lowest BCUT2D eigenvalue weighted by Gasteiger charge is -2.27. The van der Waals surface area contributed by atoms with Crippen LogP contribution in [0.15, 0.2) is 54.6 Å². The van der Waals surface area contributed by atoms with E-state index < -0.39 is 0 Å². The van der Waals surface area contributed by atoms with Crippen molar-refractivity contribution in [1.82, 2.24) is 4.90 Å². The number of hydrogen-bond acceptors (Lipinski definition) is 3. The second-order valence-corrected chi connectivity index (χ2v) is 7.37. The average molecular weight is 374 g/mol. The smallest absolute Gasteiger partial charge is 0.235 e. The van der Waals surface area contributed by atoms with E-state index in [-0.39, 0.29) is 34.7 Å². The van der Waals surface area contributed by atoms with Crippen LogP contribution < -0.4 is 5.32 Å². The summed E-state index contributed by atoms with van der Waals surface area (Å²) in [5.41, 5.74) is 1.60. The first kappa shape index (κ1) is 20.0. The van der Waals surface area contributed by atoms with Crippen LogP contribution in [-0.2, 0) is 9.59 Å². The van der Waals surface area contributed by atoms with Gasteiger partial charge in [-0.25, -0.2) is 4.39 Å². The van der Waals surface area contributed by atoms with E-state index in [1.54, 1.807) is 18.9 Å². The van der Waals surface area contributed by atoms with Gasteiger partial charge in [-0.2, -0.15) is 0 Å². The van der Waals surface area contributed by atoms with E-state index in [4.69, 9.17) is 0 Å². The van der Waals surface area contributed by atoms with Gasteiger partial charge in [0, 0.05) is 12.7 Å². The molecular weight excluding hydrogens is 351 g/mol. The SMILES string of the molecule is CC(SCC(=O)Nc1ccc(F)cc1)C(=O)N(C)C(C)c1ccccc1. The Morgan fingerprint density at radius 3 is 2.31 bits per heavy atom. The summed E-state index contributed by atoms with van der Waals surface area (Å²) in [6.45, 7) is 3.78. The largest absolute Gasteiger partial charge is 0.338 e. The summed E-state index contributed by atoms with van der Waals surface area (Å²) in [6.07, 6.45) is 0. The molecule has 2 unspecified atom stereocenters. The van der Waals surface area contributed by atoms with Crippen molar-refractivity contribution in [3.05, 3.63) is 66.0 Å². The fourth-order valence-electron chi connectivity index (χ4n) is 2.44. The third-order valence-electron chi connectivity index (χ3n) is 4.15. The Morgan fingerprint density at radius 2 is 1.69 bits per heavy atom. The van der Waals surface area contributed by atoms with Crippen LogP contribution in [0.5, 0.6) is 0 Å². The van der Waals surface area contributed by atoms with Crippen molar-refractivity contribution in [2.75, 3.05) is 18.1 Å². The molecule has 0 aliphatic rings. The number of nitrogens with one attached hydrogen (secondary N) is 1. The highest BCUT2D eigenvalue weighted by Gasteiger charge is 2.23. The fourth-order valence-corrected chi connectivity index (χ4v) is 3.22. The summed E-state index contributed by atoms with van der Waals surface area (Å²) >= 11 is 1.28. The van der Waals surface area contributed by atoms with E-state index in [0.29, 0.717) is 5.69 Å². The minimum Gasteiger partial charge on any atom is -0.338 e. The van der Waals surface area contributed by atoms with Crippen LogP contribution in [0.4, 0.5) is 10.1 Å². The second-order valence-electron chi connectivity index (χ2n) is 6.04. The van der Waals surface area contributed by atoms with Gasteiger partial charge in [-0.15, -0.1) is 11.8 Å². The zero-order valence-electron chi connectivity index (χ0n) is 15.1. The Bertz CT molecular complexity index is 737. The highest BCUT2D eigenvalue weighted by Crippen LogP contribution is 2.22. The minimum absolute atomic E-state index is 0.0269. The Morgan fingerprint density at radius 1 is 1.08 bits per heavy atom. The third-order valence-corrected chi connectivity index (χ3v) is 5.28. The number of halogens is 1. The molecule has 2 aromatic carbocycles. The lowest BCUT2D eigenvalue weighted by Crippen LogP contribution is -2.35. The molecule has 0 aliphatic carbocycles. The lowest BCUT2D eigenvalue weighted by atomic mass is 10.1. The number of thioether (sulfide) groups is 1. The molecule has 138 valence electrons. The number of nitrogens with zero attached hydrogens (tertiary/aromatic N) is 1. The van der Waals surface area contributed by atoms with Gasteiger partial charge in [0.1, 0.15) is 5.82 Å². The molecule has 0 fully saturated rings. The summed E-state index contributed by atoms with van der Waals surface area (Å²) in [4.78, 5) is 26.3. The molecule has 2 atom stereocenters. The molecule has 0 heterocycles. The first-order chi connectivity index (χ1) is 12.4.